The van der Waals surface area contributed by atoms with Gasteiger partial charge in [0, 0.05) is 49.6 Å². The van der Waals surface area contributed by atoms with Gasteiger partial charge in [-0.25, -0.2) is 9.50 Å². The van der Waals surface area contributed by atoms with E-state index in [1.54, 1.807) is 29.2 Å². The lowest BCUT2D eigenvalue weighted by Crippen LogP contribution is -2.44. The molecule has 1 amide bonds. The lowest BCUT2D eigenvalue weighted by Gasteiger charge is -2.39. The largest absolute Gasteiger partial charge is 0.374 e. The maximum absolute atomic E-state index is 13.1. The summed E-state index contributed by atoms with van der Waals surface area (Å²) in [5.41, 5.74) is 5.35. The molecule has 9 heteroatoms. The van der Waals surface area contributed by atoms with Gasteiger partial charge in [-0.05, 0) is 73.7 Å². The molecule has 0 radical (unpaired) electrons. The van der Waals surface area contributed by atoms with Crippen molar-refractivity contribution < 1.29 is 9.90 Å². The summed E-state index contributed by atoms with van der Waals surface area (Å²) in [6.07, 6.45) is 11.6. The summed E-state index contributed by atoms with van der Waals surface area (Å²) in [5, 5.41) is 18.7. The van der Waals surface area contributed by atoms with Crippen LogP contribution in [0.4, 0.5) is 5.69 Å². The van der Waals surface area contributed by atoms with Gasteiger partial charge in [-0.3, -0.25) is 14.7 Å². The Morgan fingerprint density at radius 3 is 2.76 bits per heavy atom. The first-order chi connectivity index (χ1) is 18.1. The van der Waals surface area contributed by atoms with Crippen molar-refractivity contribution in [1.29, 1.82) is 0 Å². The Labute approximate surface area is 215 Å². The highest BCUT2D eigenvalue weighted by atomic mass is 16.3. The molecule has 37 heavy (non-hydrogen) atoms. The quantitative estimate of drug-likeness (QED) is 0.395. The Hall–Kier alpha value is -3.82. The number of fused-ring (bicyclic) bond motifs is 2. The molecule has 0 bridgehead atoms. The summed E-state index contributed by atoms with van der Waals surface area (Å²) >= 11 is 0. The number of aliphatic hydroxyl groups is 1. The van der Waals surface area contributed by atoms with Gasteiger partial charge < -0.3 is 15.3 Å². The minimum atomic E-state index is -0.705. The van der Waals surface area contributed by atoms with Gasteiger partial charge in [0.15, 0.2) is 5.65 Å². The zero-order chi connectivity index (χ0) is 25.4. The molecule has 4 heterocycles. The SMILES string of the molecule is CN(C1CCN(c2ccncc2)CC1)C(O)c1ccc2c(c1)C(NC(=O)c1cnn3cccnc13)CC2. The lowest BCUT2D eigenvalue weighted by atomic mass is 9.99. The number of hydrogen-bond donors (Lipinski definition) is 2. The first kappa shape index (κ1) is 23.6. The van der Waals surface area contributed by atoms with Crippen LogP contribution in [0.2, 0.25) is 0 Å². The fraction of sp³-hybridized carbons (Fsp3) is 0.357. The van der Waals surface area contributed by atoms with Gasteiger partial charge in [-0.1, -0.05) is 12.1 Å². The maximum atomic E-state index is 13.1. The number of nitrogens with one attached hydrogen (secondary N) is 1. The van der Waals surface area contributed by atoms with Crippen molar-refractivity contribution >= 4 is 17.2 Å². The van der Waals surface area contributed by atoms with Crippen molar-refractivity contribution in [3.05, 3.63) is 89.6 Å². The van der Waals surface area contributed by atoms with E-state index in [2.05, 4.69) is 42.3 Å². The molecular formula is C28H31N7O2. The second-order valence-corrected chi connectivity index (χ2v) is 9.93. The number of aryl methyl sites for hydroxylation is 1. The number of carbonyl (C=O) groups excluding carboxylic acids is 1. The van der Waals surface area contributed by atoms with E-state index in [4.69, 9.17) is 0 Å². The van der Waals surface area contributed by atoms with Crippen LogP contribution in [0.5, 0.6) is 0 Å². The minimum absolute atomic E-state index is 0.109. The number of aliphatic hydroxyl groups excluding tert-OH is 1. The van der Waals surface area contributed by atoms with Gasteiger partial charge in [0.2, 0.25) is 0 Å². The first-order valence-electron chi connectivity index (χ1n) is 12.9. The van der Waals surface area contributed by atoms with Crippen LogP contribution < -0.4 is 10.2 Å². The Balaban J connectivity index is 1.13. The van der Waals surface area contributed by atoms with E-state index in [-0.39, 0.29) is 11.9 Å². The first-order valence-corrected chi connectivity index (χ1v) is 12.9. The second kappa shape index (κ2) is 9.91. The fourth-order valence-corrected chi connectivity index (χ4v) is 5.68. The smallest absolute Gasteiger partial charge is 0.257 e. The summed E-state index contributed by atoms with van der Waals surface area (Å²) < 4.78 is 1.60. The van der Waals surface area contributed by atoms with Crippen LogP contribution in [0, 0.1) is 0 Å². The molecular weight excluding hydrogens is 466 g/mol. The van der Waals surface area contributed by atoms with Crippen molar-refractivity contribution in [2.24, 2.45) is 0 Å². The van der Waals surface area contributed by atoms with Crippen molar-refractivity contribution in [2.45, 2.75) is 44.0 Å². The molecule has 1 aliphatic carbocycles. The van der Waals surface area contributed by atoms with Gasteiger partial charge in [0.1, 0.15) is 11.8 Å². The molecule has 0 spiro atoms. The third-order valence-corrected chi connectivity index (χ3v) is 7.83. The van der Waals surface area contributed by atoms with Crippen LogP contribution >= 0.6 is 0 Å². The Kier molecular flexibility index (Phi) is 6.31. The van der Waals surface area contributed by atoms with Crippen LogP contribution in [0.15, 0.2) is 67.4 Å². The second-order valence-electron chi connectivity index (χ2n) is 9.93. The van der Waals surface area contributed by atoms with Crippen LogP contribution in [-0.2, 0) is 6.42 Å². The fourth-order valence-electron chi connectivity index (χ4n) is 5.68. The van der Waals surface area contributed by atoms with Crippen LogP contribution in [-0.4, -0.2) is 61.7 Å². The summed E-state index contributed by atoms with van der Waals surface area (Å²) in [7, 11) is 2.00. The van der Waals surface area contributed by atoms with Crippen LogP contribution in [0.25, 0.3) is 5.65 Å². The third-order valence-electron chi connectivity index (χ3n) is 7.83. The van der Waals surface area contributed by atoms with Crippen LogP contribution in [0.1, 0.15) is 58.6 Å². The van der Waals surface area contributed by atoms with Gasteiger partial charge in [0.25, 0.3) is 5.91 Å². The minimum Gasteiger partial charge on any atom is -0.374 e. The number of pyridine rings is 1. The number of aromatic nitrogens is 4. The van der Waals surface area contributed by atoms with E-state index in [1.807, 2.05) is 37.6 Å². The molecule has 2 N–H and O–H groups in total. The molecule has 6 rings (SSSR count). The highest BCUT2D eigenvalue weighted by molar-refractivity contribution is 5.99. The number of amides is 1. The van der Waals surface area contributed by atoms with Crippen molar-refractivity contribution in [3.63, 3.8) is 0 Å². The monoisotopic (exact) mass is 497 g/mol. The normalized spacial score (nSPS) is 18.8. The number of piperidine rings is 1. The zero-order valence-electron chi connectivity index (χ0n) is 20.9. The van der Waals surface area contributed by atoms with Crippen LogP contribution in [0.3, 0.4) is 0 Å². The summed E-state index contributed by atoms with van der Waals surface area (Å²) in [5.74, 6) is -0.185. The van der Waals surface area contributed by atoms with E-state index in [1.165, 1.54) is 11.3 Å². The summed E-state index contributed by atoms with van der Waals surface area (Å²) in [6, 6.07) is 12.2. The lowest BCUT2D eigenvalue weighted by molar-refractivity contribution is -0.0144. The molecule has 1 saturated heterocycles. The third kappa shape index (κ3) is 4.56. The molecule has 9 nitrogen and oxygen atoms in total. The maximum Gasteiger partial charge on any atom is 0.257 e. The highest BCUT2D eigenvalue weighted by Crippen LogP contribution is 2.35. The number of nitrogens with zero attached hydrogens (tertiary/aromatic N) is 6. The molecule has 190 valence electrons. The van der Waals surface area contributed by atoms with E-state index in [0.717, 1.165) is 49.9 Å². The van der Waals surface area contributed by atoms with Gasteiger partial charge in [0.05, 0.1) is 12.2 Å². The standard InChI is InChI=1S/C28H31N7O2/c1-33(21-9-15-34(16-10-21)22-7-12-29-13-8-22)28(37)20-4-3-19-5-6-25(23(19)17-20)32-27(36)24-18-31-35-14-2-11-30-26(24)35/h2-4,7-8,11-14,17-18,21,25,28,37H,5-6,9-10,15-16H2,1H3,(H,32,36). The highest BCUT2D eigenvalue weighted by Gasteiger charge is 2.30. The number of benzene rings is 1. The molecule has 2 atom stereocenters. The topological polar surface area (TPSA) is 98.9 Å². The molecule has 3 aromatic heterocycles. The average molecular weight is 498 g/mol. The van der Waals surface area contributed by atoms with Crippen molar-refractivity contribution in [3.8, 4) is 0 Å². The summed E-state index contributed by atoms with van der Waals surface area (Å²) in [6.45, 7) is 1.89. The van der Waals surface area contributed by atoms with E-state index in [9.17, 15) is 9.90 Å². The molecule has 1 aliphatic heterocycles. The Morgan fingerprint density at radius 1 is 1.14 bits per heavy atom. The molecule has 1 fully saturated rings. The van der Waals surface area contributed by atoms with Gasteiger partial charge in [-0.15, -0.1) is 0 Å². The van der Waals surface area contributed by atoms with E-state index < -0.39 is 6.23 Å². The zero-order valence-corrected chi connectivity index (χ0v) is 20.9. The average Bonchev–Trinajstić information content (AvgIpc) is 3.57. The predicted molar refractivity (Wildman–Crippen MR) is 140 cm³/mol. The molecule has 2 aliphatic rings. The molecule has 0 saturated carbocycles. The van der Waals surface area contributed by atoms with E-state index in [0.29, 0.717) is 17.3 Å². The van der Waals surface area contributed by atoms with Crippen molar-refractivity contribution in [1.82, 2.24) is 29.8 Å². The Bertz CT molecular complexity index is 1400. The Morgan fingerprint density at radius 2 is 1.95 bits per heavy atom. The molecule has 2 unspecified atom stereocenters. The van der Waals surface area contributed by atoms with Gasteiger partial charge in [-0.2, -0.15) is 5.10 Å². The molecule has 4 aromatic rings. The molecule has 1 aromatic carbocycles. The summed E-state index contributed by atoms with van der Waals surface area (Å²) in [4.78, 5) is 25.9. The van der Waals surface area contributed by atoms with Crippen molar-refractivity contribution in [2.75, 3.05) is 25.0 Å². The number of carbonyl (C=O) groups is 1. The van der Waals surface area contributed by atoms with E-state index >= 15 is 0 Å². The predicted octanol–water partition coefficient (Wildman–Crippen LogP) is 3.13. The van der Waals surface area contributed by atoms with Gasteiger partial charge >= 0.3 is 0 Å². The number of hydrogen-bond acceptors (Lipinski definition) is 7. The number of rotatable bonds is 6. The number of anilines is 1.